The van der Waals surface area contributed by atoms with E-state index in [1.54, 1.807) is 0 Å². The second-order valence-electron chi connectivity index (χ2n) is 5.84. The van der Waals surface area contributed by atoms with E-state index < -0.39 is 12.2 Å². The van der Waals surface area contributed by atoms with Gasteiger partial charge in [-0.15, -0.1) is 0 Å². The van der Waals surface area contributed by atoms with Crippen molar-refractivity contribution in [2.75, 3.05) is 7.11 Å². The molecule has 25 heavy (non-hydrogen) atoms. The zero-order valence-electron chi connectivity index (χ0n) is 15.6. The Morgan fingerprint density at radius 2 is 1.40 bits per heavy atom. The maximum absolute atomic E-state index is 11.0. The summed E-state index contributed by atoms with van der Waals surface area (Å²) < 4.78 is 4.53. The molecule has 0 rings (SSSR count). The molecule has 0 aliphatic carbocycles. The molecule has 0 spiro atoms. The molecule has 4 nitrogen and oxygen atoms in total. The molecular formula is C21H34O4. The van der Waals surface area contributed by atoms with Crippen LogP contribution in [-0.4, -0.2) is 35.5 Å². The van der Waals surface area contributed by atoms with Gasteiger partial charge in [-0.3, -0.25) is 4.79 Å². The van der Waals surface area contributed by atoms with Crippen molar-refractivity contribution in [3.8, 4) is 0 Å². The minimum Gasteiger partial charge on any atom is -0.469 e. The van der Waals surface area contributed by atoms with Crippen LogP contribution in [0.25, 0.3) is 0 Å². The quantitative estimate of drug-likeness (QED) is 0.363. The normalized spacial score (nSPS) is 14.9. The number of allylic oxidation sites excluding steroid dienone is 7. The van der Waals surface area contributed by atoms with Crippen LogP contribution in [0.15, 0.2) is 48.6 Å². The monoisotopic (exact) mass is 350 g/mol. The summed E-state index contributed by atoms with van der Waals surface area (Å²) in [6, 6.07) is 0. The lowest BCUT2D eigenvalue weighted by Gasteiger charge is -2.15. The molecule has 2 N–H and O–H groups in total. The van der Waals surface area contributed by atoms with Gasteiger partial charge in [0.25, 0.3) is 0 Å². The zero-order chi connectivity index (χ0) is 18.8. The minimum absolute atomic E-state index is 0.268. The molecule has 0 heterocycles. The van der Waals surface area contributed by atoms with E-state index in [4.69, 9.17) is 0 Å². The van der Waals surface area contributed by atoms with Crippen molar-refractivity contribution in [1.82, 2.24) is 0 Å². The highest BCUT2D eigenvalue weighted by Crippen LogP contribution is 2.09. The van der Waals surface area contributed by atoms with Crippen LogP contribution < -0.4 is 0 Å². The summed E-state index contributed by atoms with van der Waals surface area (Å²) >= 11 is 0. The van der Waals surface area contributed by atoms with Crippen molar-refractivity contribution < 1.29 is 19.7 Å². The molecule has 0 aromatic carbocycles. The third-order valence-corrected chi connectivity index (χ3v) is 3.65. The number of carbonyl (C=O) groups excluding carboxylic acids is 1. The van der Waals surface area contributed by atoms with Crippen LogP contribution in [0.2, 0.25) is 0 Å². The average Bonchev–Trinajstić information content (AvgIpc) is 2.62. The summed E-state index contributed by atoms with van der Waals surface area (Å²) in [6.07, 6.45) is 20.5. The van der Waals surface area contributed by atoms with Crippen molar-refractivity contribution in [2.45, 2.75) is 70.5 Å². The average molecular weight is 350 g/mol. The van der Waals surface area contributed by atoms with Gasteiger partial charge in [-0.25, -0.2) is 0 Å². The fourth-order valence-corrected chi connectivity index (χ4v) is 2.12. The number of aliphatic hydroxyl groups excluding tert-OH is 2. The van der Waals surface area contributed by atoms with Crippen molar-refractivity contribution in [2.24, 2.45) is 0 Å². The van der Waals surface area contributed by atoms with E-state index in [-0.39, 0.29) is 12.4 Å². The number of methoxy groups -OCH3 is 1. The van der Waals surface area contributed by atoms with Crippen LogP contribution in [0, 0.1) is 0 Å². The van der Waals surface area contributed by atoms with Gasteiger partial charge < -0.3 is 14.9 Å². The molecule has 0 saturated heterocycles. The summed E-state index contributed by atoms with van der Waals surface area (Å²) in [5.74, 6) is -0.291. The Kier molecular flexibility index (Phi) is 16.0. The second-order valence-corrected chi connectivity index (χ2v) is 5.84. The van der Waals surface area contributed by atoms with Crippen molar-refractivity contribution in [1.29, 1.82) is 0 Å². The molecule has 0 amide bonds. The van der Waals surface area contributed by atoms with E-state index in [0.717, 1.165) is 25.7 Å². The van der Waals surface area contributed by atoms with Crippen molar-refractivity contribution >= 4 is 5.97 Å². The minimum atomic E-state index is -0.809. The molecule has 0 aliphatic rings. The SMILES string of the molecule is CC/C=C/C/C=C/C/C=C/C/C=C/CC(O)C(O)CCCC(=O)OC. The molecule has 4 heteroatoms. The Morgan fingerprint density at radius 3 is 1.92 bits per heavy atom. The van der Waals surface area contributed by atoms with Crippen molar-refractivity contribution in [3.63, 3.8) is 0 Å². The number of aliphatic hydroxyl groups is 2. The first kappa shape index (κ1) is 23.4. The first-order valence-corrected chi connectivity index (χ1v) is 9.14. The Labute approximate surface area is 152 Å². The fraction of sp³-hybridized carbons (Fsp3) is 0.571. The number of carbonyl (C=O) groups is 1. The predicted octanol–water partition coefficient (Wildman–Crippen LogP) is 4.25. The topological polar surface area (TPSA) is 66.8 Å². The number of rotatable bonds is 14. The van der Waals surface area contributed by atoms with Gasteiger partial charge in [0.2, 0.25) is 0 Å². The molecular weight excluding hydrogens is 316 g/mol. The first-order chi connectivity index (χ1) is 12.1. The molecule has 0 bridgehead atoms. The Bertz CT molecular complexity index is 435. The largest absolute Gasteiger partial charge is 0.469 e. The lowest BCUT2D eigenvalue weighted by Crippen LogP contribution is -2.25. The summed E-state index contributed by atoms with van der Waals surface area (Å²) in [4.78, 5) is 11.0. The summed E-state index contributed by atoms with van der Waals surface area (Å²) in [7, 11) is 1.34. The lowest BCUT2D eigenvalue weighted by molar-refractivity contribution is -0.140. The molecule has 0 aliphatic heterocycles. The highest BCUT2D eigenvalue weighted by molar-refractivity contribution is 5.68. The highest BCUT2D eigenvalue weighted by atomic mass is 16.5. The lowest BCUT2D eigenvalue weighted by atomic mass is 10.0. The van der Waals surface area contributed by atoms with E-state index in [0.29, 0.717) is 19.3 Å². The van der Waals surface area contributed by atoms with Crippen LogP contribution in [0.5, 0.6) is 0 Å². The fourth-order valence-electron chi connectivity index (χ4n) is 2.12. The molecule has 0 aromatic rings. The van der Waals surface area contributed by atoms with Gasteiger partial charge in [0, 0.05) is 6.42 Å². The zero-order valence-corrected chi connectivity index (χ0v) is 15.6. The third-order valence-electron chi connectivity index (χ3n) is 3.65. The maximum atomic E-state index is 11.0. The van der Waals surface area contributed by atoms with Gasteiger partial charge in [0.1, 0.15) is 0 Å². The van der Waals surface area contributed by atoms with E-state index in [1.165, 1.54) is 7.11 Å². The summed E-state index contributed by atoms with van der Waals surface area (Å²) in [5.41, 5.74) is 0. The number of esters is 1. The van der Waals surface area contributed by atoms with Gasteiger partial charge in [0.15, 0.2) is 0 Å². The molecule has 0 aromatic heterocycles. The van der Waals surface area contributed by atoms with Gasteiger partial charge in [-0.05, 0) is 44.9 Å². The Hall–Kier alpha value is -1.65. The van der Waals surface area contributed by atoms with Gasteiger partial charge in [-0.1, -0.05) is 55.5 Å². The predicted molar refractivity (Wildman–Crippen MR) is 103 cm³/mol. The highest BCUT2D eigenvalue weighted by Gasteiger charge is 2.14. The number of hydrogen-bond acceptors (Lipinski definition) is 4. The molecule has 2 atom stereocenters. The molecule has 0 radical (unpaired) electrons. The maximum Gasteiger partial charge on any atom is 0.305 e. The van der Waals surface area contributed by atoms with Crippen LogP contribution in [0.3, 0.4) is 0 Å². The van der Waals surface area contributed by atoms with E-state index >= 15 is 0 Å². The molecule has 142 valence electrons. The Morgan fingerprint density at radius 1 is 0.880 bits per heavy atom. The molecule has 0 fully saturated rings. The first-order valence-electron chi connectivity index (χ1n) is 9.14. The van der Waals surface area contributed by atoms with Crippen LogP contribution in [-0.2, 0) is 9.53 Å². The van der Waals surface area contributed by atoms with Crippen LogP contribution in [0.1, 0.15) is 58.3 Å². The Balaban J connectivity index is 3.73. The van der Waals surface area contributed by atoms with Crippen molar-refractivity contribution in [3.05, 3.63) is 48.6 Å². The smallest absolute Gasteiger partial charge is 0.305 e. The van der Waals surface area contributed by atoms with Gasteiger partial charge in [0.05, 0.1) is 19.3 Å². The molecule has 0 saturated carbocycles. The third kappa shape index (κ3) is 15.6. The number of hydrogen-bond donors (Lipinski definition) is 2. The van der Waals surface area contributed by atoms with Crippen LogP contribution in [0.4, 0.5) is 0 Å². The van der Waals surface area contributed by atoms with E-state index in [2.05, 4.69) is 48.1 Å². The standard InChI is InChI=1S/C21H34O4/c1-3-4-5-6-7-8-9-10-11-12-13-14-16-19(22)20(23)17-15-18-21(24)25-2/h4-5,7-8,10-11,13-14,19-20,22-23H,3,6,9,12,15-18H2,1-2H3/b5-4+,8-7+,11-10+,14-13+. The number of ether oxygens (including phenoxy) is 1. The van der Waals surface area contributed by atoms with E-state index in [9.17, 15) is 15.0 Å². The summed E-state index contributed by atoms with van der Waals surface area (Å²) in [6.45, 7) is 2.13. The van der Waals surface area contributed by atoms with E-state index in [1.807, 2.05) is 12.2 Å². The van der Waals surface area contributed by atoms with Gasteiger partial charge in [-0.2, -0.15) is 0 Å². The van der Waals surface area contributed by atoms with Crippen LogP contribution >= 0.6 is 0 Å². The van der Waals surface area contributed by atoms with Gasteiger partial charge >= 0.3 is 5.97 Å². The summed E-state index contributed by atoms with van der Waals surface area (Å²) in [5, 5.41) is 19.7. The molecule has 2 unspecified atom stereocenters. The second kappa shape index (κ2) is 17.2.